The molecule has 2 aliphatic carbocycles. The quantitative estimate of drug-likeness (QED) is 0.154. The molecule has 374 valence electrons. The fourth-order valence-electron chi connectivity index (χ4n) is 13.8. The van der Waals surface area contributed by atoms with Crippen molar-refractivity contribution in [3.63, 3.8) is 0 Å². The van der Waals surface area contributed by atoms with E-state index in [0.29, 0.717) is 0 Å². The summed E-state index contributed by atoms with van der Waals surface area (Å²) in [6, 6.07) is 93.4. The van der Waals surface area contributed by atoms with Crippen molar-refractivity contribution in [3.05, 3.63) is 271 Å². The number of benzene rings is 12. The Morgan fingerprint density at radius 1 is 0.291 bits per heavy atom. The molecule has 2 aromatic heterocycles. The summed E-state index contributed by atoms with van der Waals surface area (Å²) < 4.78 is 5.37. The van der Waals surface area contributed by atoms with Gasteiger partial charge in [-0.05, 0) is 132 Å². The van der Waals surface area contributed by atoms with Gasteiger partial charge in [0, 0.05) is 78.9 Å². The number of rotatable bonds is 7. The van der Waals surface area contributed by atoms with Gasteiger partial charge in [-0.25, -0.2) is 0 Å². The molecule has 2 heterocycles. The second-order valence-electron chi connectivity index (χ2n) is 22.7. The lowest BCUT2D eigenvalue weighted by Gasteiger charge is -2.32. The number of anilines is 3. The van der Waals surface area contributed by atoms with Gasteiger partial charge in [0.2, 0.25) is 0 Å². The highest BCUT2D eigenvalue weighted by atomic mass is 32.1. The Kier molecular flexibility index (Phi) is 10.1. The van der Waals surface area contributed by atoms with E-state index >= 15 is 0 Å². The summed E-state index contributed by atoms with van der Waals surface area (Å²) in [5, 5.41) is 7.84. The summed E-state index contributed by atoms with van der Waals surface area (Å²) in [7, 11) is 0. The lowest BCUT2D eigenvalue weighted by Crippen LogP contribution is -2.18. The summed E-state index contributed by atoms with van der Waals surface area (Å²) in [6.45, 7) is 9.83. The highest BCUT2D eigenvalue weighted by Crippen LogP contribution is 2.62. The minimum absolute atomic E-state index is 0.310. The van der Waals surface area contributed by atoms with Crippen molar-refractivity contribution >= 4 is 90.9 Å². The van der Waals surface area contributed by atoms with E-state index in [9.17, 15) is 0 Å². The number of hydrogen-bond donors (Lipinski definition) is 0. The lowest BCUT2D eigenvalue weighted by atomic mass is 9.80. The summed E-state index contributed by atoms with van der Waals surface area (Å²) in [6.07, 6.45) is 0. The highest BCUT2D eigenvalue weighted by Gasteiger charge is 2.42. The molecule has 0 atom stereocenters. The smallest absolute Gasteiger partial charge is 0.0543 e. The van der Waals surface area contributed by atoms with Crippen LogP contribution in [-0.2, 0) is 10.8 Å². The van der Waals surface area contributed by atoms with Crippen LogP contribution in [0.5, 0.6) is 0 Å². The van der Waals surface area contributed by atoms with Crippen molar-refractivity contribution in [2.45, 2.75) is 38.5 Å². The molecule has 0 aliphatic heterocycles. The van der Waals surface area contributed by atoms with E-state index in [1.807, 2.05) is 22.7 Å². The highest BCUT2D eigenvalue weighted by molar-refractivity contribution is 7.27. The largest absolute Gasteiger partial charge is 0.309 e. The van der Waals surface area contributed by atoms with Crippen molar-refractivity contribution in [2.24, 2.45) is 0 Å². The average molecular weight is 1040 g/mol. The zero-order valence-corrected chi connectivity index (χ0v) is 46.1. The standard InChI is InChI=1S/C76H53NS2/c1-75(2)60-42-51(38-39-54(60)71-61(75)43-58(48-27-13-7-14-28-48)68-55-33-19-21-35-66(55)78-73(68)71)77(64-40-37-50(46-23-9-5-10-24-46)41-57(64)47-25-11-6-12-26-47)65-45-63-70(53-32-18-17-31-52(53)65)72-62(76(63,3)4)44-59(49-29-15-8-16-30-49)69-56-34-20-22-36-67(56)79-74(69)72/h5-45H,1-4H3. The summed E-state index contributed by atoms with van der Waals surface area (Å²) in [5.41, 5.74) is 23.5. The van der Waals surface area contributed by atoms with Crippen molar-refractivity contribution in [1.82, 2.24) is 0 Å². The molecular formula is C76H53NS2. The Morgan fingerprint density at radius 3 is 1.33 bits per heavy atom. The fourth-order valence-corrected chi connectivity index (χ4v) is 16.4. The molecule has 2 aliphatic rings. The van der Waals surface area contributed by atoms with Crippen molar-refractivity contribution in [3.8, 4) is 66.8 Å². The van der Waals surface area contributed by atoms with Gasteiger partial charge in [-0.3, -0.25) is 0 Å². The molecule has 0 fully saturated rings. The molecule has 3 heteroatoms. The summed E-state index contributed by atoms with van der Waals surface area (Å²) in [5.74, 6) is 0. The van der Waals surface area contributed by atoms with Gasteiger partial charge in [0.05, 0.1) is 11.4 Å². The Balaban J connectivity index is 0.983. The van der Waals surface area contributed by atoms with Crippen LogP contribution in [0.2, 0.25) is 0 Å². The van der Waals surface area contributed by atoms with Crippen molar-refractivity contribution < 1.29 is 0 Å². The molecule has 0 bridgehead atoms. The first-order chi connectivity index (χ1) is 38.7. The van der Waals surface area contributed by atoms with E-state index in [2.05, 4.69) is 281 Å². The van der Waals surface area contributed by atoms with E-state index in [1.54, 1.807) is 0 Å². The van der Waals surface area contributed by atoms with Crippen LogP contribution in [0.3, 0.4) is 0 Å². The van der Waals surface area contributed by atoms with E-state index in [4.69, 9.17) is 0 Å². The molecule has 0 N–H and O–H groups in total. The van der Waals surface area contributed by atoms with Gasteiger partial charge < -0.3 is 4.90 Å². The molecule has 0 unspecified atom stereocenters. The van der Waals surface area contributed by atoms with Gasteiger partial charge in [-0.1, -0.05) is 222 Å². The van der Waals surface area contributed by atoms with Gasteiger partial charge in [0.25, 0.3) is 0 Å². The first-order valence-electron chi connectivity index (χ1n) is 27.6. The van der Waals surface area contributed by atoms with Gasteiger partial charge in [0.15, 0.2) is 0 Å². The van der Waals surface area contributed by atoms with E-state index in [1.165, 1.54) is 146 Å². The number of nitrogens with zero attached hydrogens (tertiary/aromatic N) is 1. The van der Waals surface area contributed by atoms with E-state index in [-0.39, 0.29) is 10.8 Å². The van der Waals surface area contributed by atoms with Crippen LogP contribution in [0.25, 0.3) is 118 Å². The zero-order valence-electron chi connectivity index (χ0n) is 44.4. The molecule has 14 aromatic rings. The third kappa shape index (κ3) is 6.80. The van der Waals surface area contributed by atoms with Crippen LogP contribution in [0.15, 0.2) is 249 Å². The topological polar surface area (TPSA) is 3.24 Å². The van der Waals surface area contributed by atoms with Gasteiger partial charge in [-0.2, -0.15) is 0 Å². The second kappa shape index (κ2) is 17.3. The van der Waals surface area contributed by atoms with Crippen molar-refractivity contribution in [2.75, 3.05) is 4.90 Å². The molecule has 0 radical (unpaired) electrons. The predicted octanol–water partition coefficient (Wildman–Crippen LogP) is 22.3. The lowest BCUT2D eigenvalue weighted by molar-refractivity contribution is 0.661. The summed E-state index contributed by atoms with van der Waals surface area (Å²) >= 11 is 3.89. The van der Waals surface area contributed by atoms with Crippen LogP contribution in [0.4, 0.5) is 17.1 Å². The minimum atomic E-state index is -0.337. The van der Waals surface area contributed by atoms with Crippen LogP contribution in [-0.4, -0.2) is 0 Å². The third-order valence-corrected chi connectivity index (χ3v) is 20.0. The summed E-state index contributed by atoms with van der Waals surface area (Å²) in [4.78, 5) is 2.62. The SMILES string of the molecule is CC1(C)c2cc(N(c3ccc(-c4ccccc4)cc3-c3ccccc3)c3cc4c(c5ccccc35)-c3c(cc(-c5ccccc5)c5c3sc3ccccc35)C4(C)C)ccc2-c2c1cc(-c1ccccc1)c1c2sc2ccccc21. The molecular weight excluding hydrogens is 991 g/mol. The Bertz CT molecular complexity index is 4810. The molecule has 79 heavy (non-hydrogen) atoms. The van der Waals surface area contributed by atoms with Crippen molar-refractivity contribution in [1.29, 1.82) is 0 Å². The maximum Gasteiger partial charge on any atom is 0.0543 e. The maximum atomic E-state index is 2.62. The monoisotopic (exact) mass is 1040 g/mol. The molecule has 0 saturated carbocycles. The van der Waals surface area contributed by atoms with Crippen LogP contribution >= 0.6 is 22.7 Å². The Morgan fingerprint density at radius 2 is 0.747 bits per heavy atom. The first kappa shape index (κ1) is 46.3. The molecule has 0 spiro atoms. The first-order valence-corrected chi connectivity index (χ1v) is 29.2. The molecule has 0 saturated heterocycles. The van der Waals surface area contributed by atoms with E-state index in [0.717, 1.165) is 11.4 Å². The predicted molar refractivity (Wildman–Crippen MR) is 341 cm³/mol. The number of hydrogen-bond acceptors (Lipinski definition) is 3. The van der Waals surface area contributed by atoms with Gasteiger partial charge >= 0.3 is 0 Å². The zero-order chi connectivity index (χ0) is 52.7. The number of fused-ring (bicyclic) bond motifs is 16. The van der Waals surface area contributed by atoms with Crippen LogP contribution in [0, 0.1) is 0 Å². The average Bonchev–Trinajstić information content (AvgIpc) is 4.41. The van der Waals surface area contributed by atoms with Crippen LogP contribution < -0.4 is 4.90 Å². The molecule has 16 rings (SSSR count). The normalized spacial score (nSPS) is 13.8. The Labute approximate surface area is 469 Å². The second-order valence-corrected chi connectivity index (χ2v) is 24.8. The third-order valence-electron chi connectivity index (χ3n) is 17.6. The molecule has 1 nitrogen and oxygen atoms in total. The molecule has 0 amide bonds. The molecule has 12 aromatic carbocycles. The number of thiophene rings is 2. The minimum Gasteiger partial charge on any atom is -0.309 e. The maximum absolute atomic E-state index is 2.62. The van der Waals surface area contributed by atoms with Crippen LogP contribution in [0.1, 0.15) is 49.9 Å². The Hall–Kier alpha value is -8.86. The van der Waals surface area contributed by atoms with E-state index < -0.39 is 0 Å². The van der Waals surface area contributed by atoms with Gasteiger partial charge in [0.1, 0.15) is 0 Å². The fraction of sp³-hybridized carbons (Fsp3) is 0.0789. The van der Waals surface area contributed by atoms with Gasteiger partial charge in [-0.15, -0.1) is 22.7 Å².